The van der Waals surface area contributed by atoms with Crippen LogP contribution in [0.5, 0.6) is 5.75 Å². The van der Waals surface area contributed by atoms with Gasteiger partial charge in [0.15, 0.2) is 0 Å². The molecule has 1 saturated carbocycles. The van der Waals surface area contributed by atoms with Gasteiger partial charge in [-0.1, -0.05) is 0 Å². The average molecular weight is 231 g/mol. The van der Waals surface area contributed by atoms with E-state index in [9.17, 15) is 0 Å². The first-order chi connectivity index (χ1) is 8.31. The quantitative estimate of drug-likeness (QED) is 0.833. The zero-order valence-corrected chi connectivity index (χ0v) is 9.73. The van der Waals surface area contributed by atoms with Crippen LogP contribution >= 0.6 is 0 Å². The van der Waals surface area contributed by atoms with Crippen LogP contribution in [0, 0.1) is 0 Å². The van der Waals surface area contributed by atoms with E-state index in [4.69, 9.17) is 10.5 Å². The zero-order chi connectivity index (χ0) is 11.7. The van der Waals surface area contributed by atoms with Gasteiger partial charge in [-0.15, -0.1) is 0 Å². The minimum absolute atomic E-state index is 0.267. The van der Waals surface area contributed by atoms with Gasteiger partial charge in [0.05, 0.1) is 11.7 Å². The number of H-pyrrole nitrogens is 1. The van der Waals surface area contributed by atoms with Crippen molar-refractivity contribution >= 4 is 10.9 Å². The van der Waals surface area contributed by atoms with E-state index < -0.39 is 0 Å². The first-order valence-electron chi connectivity index (χ1n) is 6.16. The van der Waals surface area contributed by atoms with E-state index in [0.29, 0.717) is 6.04 Å². The van der Waals surface area contributed by atoms with Gasteiger partial charge in [-0.3, -0.25) is 5.10 Å². The molecule has 1 aliphatic rings. The van der Waals surface area contributed by atoms with Crippen molar-refractivity contribution < 1.29 is 4.74 Å². The Labute approximate surface area is 100 Å². The van der Waals surface area contributed by atoms with Crippen molar-refractivity contribution in [2.24, 2.45) is 5.73 Å². The highest BCUT2D eigenvalue weighted by Gasteiger charge is 2.20. The molecule has 4 heteroatoms. The average Bonchev–Trinajstić information content (AvgIpc) is 2.76. The molecule has 2 aromatic rings. The second-order valence-corrected chi connectivity index (χ2v) is 4.79. The zero-order valence-electron chi connectivity index (χ0n) is 9.73. The van der Waals surface area contributed by atoms with Crippen molar-refractivity contribution in [1.82, 2.24) is 10.2 Å². The van der Waals surface area contributed by atoms with Crippen molar-refractivity contribution in [1.29, 1.82) is 0 Å². The van der Waals surface area contributed by atoms with E-state index >= 15 is 0 Å². The highest BCUT2D eigenvalue weighted by atomic mass is 16.5. The van der Waals surface area contributed by atoms with Gasteiger partial charge in [0.1, 0.15) is 11.9 Å². The topological polar surface area (TPSA) is 63.9 Å². The lowest BCUT2D eigenvalue weighted by Gasteiger charge is -2.27. The van der Waals surface area contributed by atoms with Gasteiger partial charge in [0.25, 0.3) is 0 Å². The molecule has 0 radical (unpaired) electrons. The standard InChI is InChI=1S/C13H17N3O/c14-10-2-1-3-11(7-10)17-12-4-5-13-9(6-12)8-15-16-13/h4-6,8,10-11H,1-3,7,14H2,(H,15,16). The summed E-state index contributed by atoms with van der Waals surface area (Å²) in [6.45, 7) is 0. The Morgan fingerprint density at radius 1 is 1.35 bits per heavy atom. The van der Waals surface area contributed by atoms with E-state index in [1.807, 2.05) is 24.4 Å². The van der Waals surface area contributed by atoms with Gasteiger partial charge in [0, 0.05) is 11.4 Å². The van der Waals surface area contributed by atoms with Gasteiger partial charge >= 0.3 is 0 Å². The molecule has 2 atom stereocenters. The number of nitrogens with zero attached hydrogens (tertiary/aromatic N) is 1. The third-order valence-electron chi connectivity index (χ3n) is 3.38. The second kappa shape index (κ2) is 4.37. The molecule has 0 aliphatic heterocycles. The van der Waals surface area contributed by atoms with Crippen LogP contribution in [0.25, 0.3) is 10.9 Å². The van der Waals surface area contributed by atoms with E-state index in [2.05, 4.69) is 10.2 Å². The summed E-state index contributed by atoms with van der Waals surface area (Å²) in [7, 11) is 0. The van der Waals surface area contributed by atoms with Crippen LogP contribution in [0.3, 0.4) is 0 Å². The molecule has 90 valence electrons. The molecule has 1 aromatic carbocycles. The fraction of sp³-hybridized carbons (Fsp3) is 0.462. The van der Waals surface area contributed by atoms with Gasteiger partial charge in [0.2, 0.25) is 0 Å². The summed E-state index contributed by atoms with van der Waals surface area (Å²) in [5, 5.41) is 8.02. The molecule has 1 fully saturated rings. The van der Waals surface area contributed by atoms with Crippen LogP contribution in [0.2, 0.25) is 0 Å². The molecule has 3 rings (SSSR count). The van der Waals surface area contributed by atoms with E-state index in [1.165, 1.54) is 6.42 Å². The summed E-state index contributed by atoms with van der Waals surface area (Å²) >= 11 is 0. The van der Waals surface area contributed by atoms with Gasteiger partial charge in [-0.2, -0.15) is 5.10 Å². The van der Waals surface area contributed by atoms with Crippen LogP contribution in [-0.4, -0.2) is 22.3 Å². The lowest BCUT2D eigenvalue weighted by atomic mass is 9.93. The molecule has 4 nitrogen and oxygen atoms in total. The number of rotatable bonds is 2. The maximum Gasteiger partial charge on any atom is 0.120 e. The first kappa shape index (κ1) is 10.6. The fourth-order valence-electron chi connectivity index (χ4n) is 2.47. The van der Waals surface area contributed by atoms with Gasteiger partial charge in [-0.05, 0) is 43.9 Å². The van der Waals surface area contributed by atoms with Gasteiger partial charge < -0.3 is 10.5 Å². The number of nitrogens with one attached hydrogen (secondary N) is 1. The third-order valence-corrected chi connectivity index (χ3v) is 3.38. The summed E-state index contributed by atoms with van der Waals surface area (Å²) in [6, 6.07) is 6.31. The molecule has 1 aromatic heterocycles. The number of aromatic amines is 1. The molecule has 1 heterocycles. The molecule has 0 bridgehead atoms. The number of benzene rings is 1. The van der Waals surface area contributed by atoms with E-state index in [-0.39, 0.29) is 6.10 Å². The molecule has 0 amide bonds. The summed E-state index contributed by atoms with van der Waals surface area (Å²) in [4.78, 5) is 0. The number of ether oxygens (including phenoxy) is 1. The SMILES string of the molecule is NC1CCCC(Oc2ccc3[nH]ncc3c2)C1. The summed E-state index contributed by atoms with van der Waals surface area (Å²) in [5.41, 5.74) is 7.00. The fourth-order valence-corrected chi connectivity index (χ4v) is 2.47. The van der Waals surface area contributed by atoms with Crippen molar-refractivity contribution in [3.05, 3.63) is 24.4 Å². The minimum atomic E-state index is 0.267. The number of nitrogens with two attached hydrogens (primary N) is 1. The lowest BCUT2D eigenvalue weighted by Crippen LogP contribution is -2.33. The van der Waals surface area contributed by atoms with Crippen LogP contribution in [0.1, 0.15) is 25.7 Å². The van der Waals surface area contributed by atoms with Crippen LogP contribution in [-0.2, 0) is 0 Å². The lowest BCUT2D eigenvalue weighted by molar-refractivity contribution is 0.144. The summed E-state index contributed by atoms with van der Waals surface area (Å²) in [6.07, 6.45) is 6.44. The normalized spacial score (nSPS) is 25.0. The Balaban J connectivity index is 1.75. The predicted molar refractivity (Wildman–Crippen MR) is 67.0 cm³/mol. The minimum Gasteiger partial charge on any atom is -0.490 e. The molecule has 17 heavy (non-hydrogen) atoms. The maximum absolute atomic E-state index is 5.98. The Hall–Kier alpha value is -1.55. The van der Waals surface area contributed by atoms with Gasteiger partial charge in [-0.25, -0.2) is 0 Å². The molecule has 3 N–H and O–H groups in total. The molecular formula is C13H17N3O. The molecule has 0 spiro atoms. The summed E-state index contributed by atoms with van der Waals surface area (Å²) in [5.74, 6) is 0.915. The highest BCUT2D eigenvalue weighted by molar-refractivity contribution is 5.79. The Bertz CT molecular complexity index is 508. The third kappa shape index (κ3) is 2.26. The molecule has 1 aliphatic carbocycles. The molecular weight excluding hydrogens is 214 g/mol. The van der Waals surface area contributed by atoms with Crippen molar-refractivity contribution in [2.45, 2.75) is 37.8 Å². The Morgan fingerprint density at radius 2 is 2.29 bits per heavy atom. The van der Waals surface area contributed by atoms with Crippen LogP contribution in [0.15, 0.2) is 24.4 Å². The van der Waals surface area contributed by atoms with E-state index in [0.717, 1.165) is 35.9 Å². The first-order valence-corrected chi connectivity index (χ1v) is 6.16. The number of hydrogen-bond acceptors (Lipinski definition) is 3. The van der Waals surface area contributed by atoms with E-state index in [1.54, 1.807) is 0 Å². The molecule has 0 saturated heterocycles. The van der Waals surface area contributed by atoms with Crippen molar-refractivity contribution in [3.63, 3.8) is 0 Å². The Kier molecular flexibility index (Phi) is 2.73. The Morgan fingerprint density at radius 3 is 3.18 bits per heavy atom. The number of fused-ring (bicyclic) bond motifs is 1. The largest absolute Gasteiger partial charge is 0.490 e. The van der Waals surface area contributed by atoms with Crippen LogP contribution < -0.4 is 10.5 Å². The highest BCUT2D eigenvalue weighted by Crippen LogP contribution is 2.25. The maximum atomic E-state index is 5.98. The number of aromatic nitrogens is 2. The monoisotopic (exact) mass is 231 g/mol. The van der Waals surface area contributed by atoms with Crippen LogP contribution in [0.4, 0.5) is 0 Å². The predicted octanol–water partition coefficient (Wildman–Crippen LogP) is 2.21. The second-order valence-electron chi connectivity index (χ2n) is 4.79. The molecule has 2 unspecified atom stereocenters. The van der Waals surface area contributed by atoms with Crippen molar-refractivity contribution in [2.75, 3.05) is 0 Å². The smallest absolute Gasteiger partial charge is 0.120 e. The number of hydrogen-bond donors (Lipinski definition) is 2. The van der Waals surface area contributed by atoms with Crippen molar-refractivity contribution in [3.8, 4) is 5.75 Å². The summed E-state index contributed by atoms with van der Waals surface area (Å²) < 4.78 is 5.98.